The van der Waals surface area contributed by atoms with Gasteiger partial charge in [-0.15, -0.1) is 11.8 Å². The number of thioether (sulfide) groups is 1. The Morgan fingerprint density at radius 3 is 2.46 bits per heavy atom. The maximum Gasteiger partial charge on any atom is 0.0131 e. The van der Waals surface area contributed by atoms with Crippen molar-refractivity contribution in [2.75, 3.05) is 5.75 Å². The van der Waals surface area contributed by atoms with E-state index in [1.54, 1.807) is 0 Å². The molecule has 2 heteroatoms. The van der Waals surface area contributed by atoms with Crippen molar-refractivity contribution in [3.05, 3.63) is 27.8 Å². The lowest BCUT2D eigenvalue weighted by Gasteiger charge is -2.00. The van der Waals surface area contributed by atoms with Gasteiger partial charge >= 0.3 is 0 Å². The summed E-state index contributed by atoms with van der Waals surface area (Å²) in [4.78, 5) is 1.40. The number of hydrogen-bond acceptors (Lipinski definition) is 1. The highest BCUT2D eigenvalue weighted by Gasteiger charge is 1.93. The van der Waals surface area contributed by atoms with Crippen LogP contribution in [0.5, 0.6) is 0 Å². The third kappa shape index (κ3) is 4.91. The molecule has 0 heterocycles. The zero-order valence-corrected chi connectivity index (χ0v) is 10.9. The Bertz CT molecular complexity index is 230. The molecule has 72 valence electrons. The fraction of sp³-hybridized carbons (Fsp3) is 0.455. The summed E-state index contributed by atoms with van der Waals surface area (Å²) in [6.45, 7) is 2.25. The third-order valence-electron chi connectivity index (χ3n) is 1.83. The van der Waals surface area contributed by atoms with Crippen LogP contribution in [0.15, 0.2) is 29.2 Å². The molecule has 0 unspecified atom stereocenters. The molecular formula is C11H15IS. The average molecular weight is 306 g/mol. The van der Waals surface area contributed by atoms with Gasteiger partial charge in [-0.25, -0.2) is 0 Å². The fourth-order valence-electron chi connectivity index (χ4n) is 1.07. The van der Waals surface area contributed by atoms with Gasteiger partial charge < -0.3 is 0 Å². The molecule has 0 N–H and O–H groups in total. The SMILES string of the molecule is CCCCCSc1ccc(I)cc1. The molecule has 0 aliphatic carbocycles. The van der Waals surface area contributed by atoms with E-state index in [9.17, 15) is 0 Å². The smallest absolute Gasteiger partial charge is 0.0131 e. The predicted octanol–water partition coefficient (Wildman–Crippen LogP) is 4.57. The summed E-state index contributed by atoms with van der Waals surface area (Å²) < 4.78 is 1.32. The Kier molecular flexibility index (Phi) is 5.87. The molecule has 0 spiro atoms. The van der Waals surface area contributed by atoms with E-state index in [0.717, 1.165) is 0 Å². The van der Waals surface area contributed by atoms with Crippen LogP contribution in [0.4, 0.5) is 0 Å². The zero-order valence-electron chi connectivity index (χ0n) is 7.92. The van der Waals surface area contributed by atoms with Crippen LogP contribution in [0.25, 0.3) is 0 Å². The minimum atomic E-state index is 1.26. The van der Waals surface area contributed by atoms with Crippen molar-refractivity contribution in [2.45, 2.75) is 31.1 Å². The standard InChI is InChI=1S/C11H15IS/c1-2-3-4-9-13-11-7-5-10(12)6-8-11/h5-8H,2-4,9H2,1H3. The first-order valence-corrected chi connectivity index (χ1v) is 6.77. The first-order chi connectivity index (χ1) is 6.33. The fourth-order valence-corrected chi connectivity index (χ4v) is 2.35. The summed E-state index contributed by atoms with van der Waals surface area (Å²) in [6, 6.07) is 8.75. The van der Waals surface area contributed by atoms with Gasteiger partial charge in [0.2, 0.25) is 0 Å². The number of rotatable bonds is 5. The molecule has 0 atom stereocenters. The largest absolute Gasteiger partial charge is 0.126 e. The van der Waals surface area contributed by atoms with Gasteiger partial charge in [-0.2, -0.15) is 0 Å². The van der Waals surface area contributed by atoms with Gasteiger partial charge in [-0.1, -0.05) is 19.8 Å². The monoisotopic (exact) mass is 306 g/mol. The number of unbranched alkanes of at least 4 members (excludes halogenated alkanes) is 2. The summed E-state index contributed by atoms with van der Waals surface area (Å²) >= 11 is 4.30. The molecule has 0 nitrogen and oxygen atoms in total. The second-order valence-corrected chi connectivity index (χ2v) is 5.42. The van der Waals surface area contributed by atoms with E-state index in [1.807, 2.05) is 11.8 Å². The van der Waals surface area contributed by atoms with Gasteiger partial charge in [0.15, 0.2) is 0 Å². The van der Waals surface area contributed by atoms with Crippen LogP contribution in [0.1, 0.15) is 26.2 Å². The summed E-state index contributed by atoms with van der Waals surface area (Å²) in [5, 5.41) is 0. The highest BCUT2D eigenvalue weighted by atomic mass is 127. The van der Waals surface area contributed by atoms with Gasteiger partial charge in [0, 0.05) is 8.47 Å². The summed E-state index contributed by atoms with van der Waals surface area (Å²) in [6.07, 6.45) is 4.01. The lowest BCUT2D eigenvalue weighted by atomic mass is 10.3. The highest BCUT2D eigenvalue weighted by Crippen LogP contribution is 2.20. The molecule has 0 aliphatic rings. The Balaban J connectivity index is 2.25. The molecule has 1 aromatic carbocycles. The first-order valence-electron chi connectivity index (χ1n) is 4.71. The Labute approximate surface area is 98.6 Å². The van der Waals surface area contributed by atoms with E-state index in [1.165, 1.54) is 33.5 Å². The third-order valence-corrected chi connectivity index (χ3v) is 3.65. The Hall–Kier alpha value is 0.300. The molecule has 0 saturated carbocycles. The van der Waals surface area contributed by atoms with Gasteiger partial charge in [0.05, 0.1) is 0 Å². The van der Waals surface area contributed by atoms with Crippen molar-refractivity contribution in [3.8, 4) is 0 Å². The molecule has 1 aromatic rings. The average Bonchev–Trinajstić information content (AvgIpc) is 2.15. The van der Waals surface area contributed by atoms with Crippen LogP contribution in [-0.2, 0) is 0 Å². The minimum Gasteiger partial charge on any atom is -0.126 e. The van der Waals surface area contributed by atoms with Gasteiger partial charge in [-0.3, -0.25) is 0 Å². The predicted molar refractivity (Wildman–Crippen MR) is 69.4 cm³/mol. The molecule has 0 aliphatic heterocycles. The number of hydrogen-bond donors (Lipinski definition) is 0. The molecule has 1 rings (SSSR count). The molecule has 0 aromatic heterocycles. The maximum absolute atomic E-state index is 2.34. The molecule has 0 amide bonds. The van der Waals surface area contributed by atoms with Crippen LogP contribution < -0.4 is 0 Å². The van der Waals surface area contributed by atoms with Crippen molar-refractivity contribution in [1.29, 1.82) is 0 Å². The summed E-state index contributed by atoms with van der Waals surface area (Å²) in [7, 11) is 0. The van der Waals surface area contributed by atoms with Crippen LogP contribution in [0.3, 0.4) is 0 Å². The van der Waals surface area contributed by atoms with Crippen LogP contribution in [0.2, 0.25) is 0 Å². The number of benzene rings is 1. The molecule has 0 saturated heterocycles. The van der Waals surface area contributed by atoms with Gasteiger partial charge in [-0.05, 0) is 59.0 Å². The normalized spacial score (nSPS) is 10.3. The topological polar surface area (TPSA) is 0 Å². The van der Waals surface area contributed by atoms with Gasteiger partial charge in [0.25, 0.3) is 0 Å². The van der Waals surface area contributed by atoms with E-state index in [4.69, 9.17) is 0 Å². The van der Waals surface area contributed by atoms with Crippen molar-refractivity contribution < 1.29 is 0 Å². The van der Waals surface area contributed by atoms with E-state index in [0.29, 0.717) is 0 Å². The zero-order chi connectivity index (χ0) is 9.52. The quantitative estimate of drug-likeness (QED) is 0.436. The van der Waals surface area contributed by atoms with Crippen LogP contribution >= 0.6 is 34.4 Å². The van der Waals surface area contributed by atoms with Crippen molar-refractivity contribution in [2.24, 2.45) is 0 Å². The minimum absolute atomic E-state index is 1.26. The summed E-state index contributed by atoms with van der Waals surface area (Å²) in [5.41, 5.74) is 0. The van der Waals surface area contributed by atoms with Crippen LogP contribution in [0, 0.1) is 3.57 Å². The Morgan fingerprint density at radius 1 is 1.15 bits per heavy atom. The molecule has 0 fully saturated rings. The molecular weight excluding hydrogens is 291 g/mol. The van der Waals surface area contributed by atoms with E-state index < -0.39 is 0 Å². The van der Waals surface area contributed by atoms with Crippen molar-refractivity contribution >= 4 is 34.4 Å². The molecule has 0 bridgehead atoms. The maximum atomic E-state index is 2.34. The Morgan fingerprint density at radius 2 is 1.85 bits per heavy atom. The van der Waals surface area contributed by atoms with Crippen molar-refractivity contribution in [1.82, 2.24) is 0 Å². The van der Waals surface area contributed by atoms with Crippen LogP contribution in [-0.4, -0.2) is 5.75 Å². The lowest BCUT2D eigenvalue weighted by molar-refractivity contribution is 0.778. The highest BCUT2D eigenvalue weighted by molar-refractivity contribution is 14.1. The molecule has 0 radical (unpaired) electrons. The van der Waals surface area contributed by atoms with E-state index in [2.05, 4.69) is 53.8 Å². The first kappa shape index (κ1) is 11.4. The lowest BCUT2D eigenvalue weighted by Crippen LogP contribution is -1.80. The van der Waals surface area contributed by atoms with Gasteiger partial charge in [0.1, 0.15) is 0 Å². The second-order valence-electron chi connectivity index (χ2n) is 3.01. The molecule has 13 heavy (non-hydrogen) atoms. The second kappa shape index (κ2) is 6.71. The van der Waals surface area contributed by atoms with E-state index in [-0.39, 0.29) is 0 Å². The summed E-state index contributed by atoms with van der Waals surface area (Å²) in [5.74, 6) is 1.26. The van der Waals surface area contributed by atoms with E-state index >= 15 is 0 Å². The number of halogens is 1. The van der Waals surface area contributed by atoms with Crippen molar-refractivity contribution in [3.63, 3.8) is 0 Å².